The van der Waals surface area contributed by atoms with Gasteiger partial charge in [-0.05, 0) is 41.3 Å². The Balaban J connectivity index is 1.49. The van der Waals surface area contributed by atoms with Crippen molar-refractivity contribution in [1.29, 1.82) is 0 Å². The molecule has 1 unspecified atom stereocenters. The van der Waals surface area contributed by atoms with Crippen LogP contribution in [0.2, 0.25) is 5.02 Å². The molecule has 0 saturated carbocycles. The van der Waals surface area contributed by atoms with Crippen LogP contribution in [-0.2, 0) is 13.0 Å². The standard InChI is InChI=1S/C22H21ClN2OS/c23-19-9-7-17(8-10-19)22(26)24-14-20(21-6-3-13-27-21)25-12-11-16-4-1-2-5-18(16)15-25/h1-10,13,20H,11-12,14-15H2,(H,24,26)/p+1/t20-/m1/s1. The van der Waals surface area contributed by atoms with Crippen LogP contribution in [0.1, 0.15) is 32.4 Å². The third-order valence-corrected chi connectivity index (χ3v) is 6.44. The molecule has 0 fully saturated rings. The highest BCUT2D eigenvalue weighted by molar-refractivity contribution is 7.10. The maximum atomic E-state index is 12.6. The van der Waals surface area contributed by atoms with Gasteiger partial charge in [0.2, 0.25) is 0 Å². The van der Waals surface area contributed by atoms with Crippen LogP contribution in [-0.4, -0.2) is 19.0 Å². The van der Waals surface area contributed by atoms with Gasteiger partial charge in [-0.3, -0.25) is 4.79 Å². The topological polar surface area (TPSA) is 33.5 Å². The van der Waals surface area contributed by atoms with Crippen LogP contribution in [0, 0.1) is 0 Å². The fourth-order valence-electron chi connectivity index (χ4n) is 3.73. The van der Waals surface area contributed by atoms with Crippen LogP contribution < -0.4 is 10.2 Å². The predicted octanol–water partition coefficient (Wildman–Crippen LogP) is 3.51. The Morgan fingerprint density at radius 3 is 2.59 bits per heavy atom. The summed E-state index contributed by atoms with van der Waals surface area (Å²) in [5, 5.41) is 5.88. The van der Waals surface area contributed by atoms with Crippen molar-refractivity contribution >= 4 is 28.8 Å². The van der Waals surface area contributed by atoms with Gasteiger partial charge in [0.1, 0.15) is 12.6 Å². The van der Waals surface area contributed by atoms with E-state index in [1.54, 1.807) is 35.6 Å². The molecule has 1 aliphatic heterocycles. The van der Waals surface area contributed by atoms with Gasteiger partial charge in [-0.2, -0.15) is 0 Å². The lowest BCUT2D eigenvalue weighted by molar-refractivity contribution is -0.945. The molecule has 0 radical (unpaired) electrons. The Morgan fingerprint density at radius 2 is 1.85 bits per heavy atom. The highest BCUT2D eigenvalue weighted by Gasteiger charge is 2.29. The molecule has 1 aromatic heterocycles. The number of nitrogens with one attached hydrogen (secondary N) is 2. The molecule has 1 amide bonds. The molecule has 0 aliphatic carbocycles. The fourth-order valence-corrected chi connectivity index (χ4v) is 4.74. The van der Waals surface area contributed by atoms with E-state index in [9.17, 15) is 4.79 Å². The van der Waals surface area contributed by atoms with Crippen molar-refractivity contribution in [2.75, 3.05) is 13.1 Å². The maximum Gasteiger partial charge on any atom is 0.251 e. The van der Waals surface area contributed by atoms with Gasteiger partial charge in [0.25, 0.3) is 5.91 Å². The fraction of sp³-hybridized carbons (Fsp3) is 0.227. The van der Waals surface area contributed by atoms with Gasteiger partial charge in [0, 0.05) is 22.6 Å². The van der Waals surface area contributed by atoms with Gasteiger partial charge in [-0.1, -0.05) is 41.9 Å². The van der Waals surface area contributed by atoms with E-state index in [0.717, 1.165) is 19.5 Å². The number of fused-ring (bicyclic) bond motifs is 1. The summed E-state index contributed by atoms with van der Waals surface area (Å²) in [5.41, 5.74) is 3.52. The van der Waals surface area contributed by atoms with Crippen molar-refractivity contribution in [3.63, 3.8) is 0 Å². The van der Waals surface area contributed by atoms with Gasteiger partial charge < -0.3 is 10.2 Å². The average Bonchev–Trinajstić information content (AvgIpc) is 3.23. The van der Waals surface area contributed by atoms with E-state index < -0.39 is 0 Å². The van der Waals surface area contributed by atoms with Crippen molar-refractivity contribution < 1.29 is 9.69 Å². The molecule has 2 heterocycles. The van der Waals surface area contributed by atoms with E-state index in [1.807, 2.05) is 0 Å². The minimum atomic E-state index is -0.0509. The van der Waals surface area contributed by atoms with Gasteiger partial charge in [-0.25, -0.2) is 0 Å². The average molecular weight is 398 g/mol. The molecule has 0 spiro atoms. The molecule has 2 atom stereocenters. The minimum absolute atomic E-state index is 0.0509. The summed E-state index contributed by atoms with van der Waals surface area (Å²) >= 11 is 7.69. The van der Waals surface area contributed by atoms with E-state index in [-0.39, 0.29) is 11.9 Å². The quantitative estimate of drug-likeness (QED) is 0.678. The first-order valence-corrected chi connectivity index (χ1v) is 10.4. The highest BCUT2D eigenvalue weighted by atomic mass is 35.5. The van der Waals surface area contributed by atoms with Crippen molar-refractivity contribution in [2.24, 2.45) is 0 Å². The number of halogens is 1. The summed E-state index contributed by atoms with van der Waals surface area (Å²) in [6, 6.07) is 20.2. The monoisotopic (exact) mass is 397 g/mol. The first-order chi connectivity index (χ1) is 13.2. The summed E-state index contributed by atoms with van der Waals surface area (Å²) in [4.78, 5) is 15.4. The number of carbonyl (C=O) groups is 1. The third-order valence-electron chi connectivity index (χ3n) is 5.20. The number of amides is 1. The maximum absolute atomic E-state index is 12.6. The second kappa shape index (κ2) is 8.26. The molecule has 2 N–H and O–H groups in total. The van der Waals surface area contributed by atoms with Crippen LogP contribution in [0.4, 0.5) is 0 Å². The van der Waals surface area contributed by atoms with Crippen LogP contribution in [0.25, 0.3) is 0 Å². The van der Waals surface area contributed by atoms with E-state index in [2.05, 4.69) is 47.1 Å². The number of carbonyl (C=O) groups excluding carboxylic acids is 1. The summed E-state index contributed by atoms with van der Waals surface area (Å²) in [6.07, 6.45) is 1.08. The van der Waals surface area contributed by atoms with Gasteiger partial charge in [-0.15, -0.1) is 11.3 Å². The molecule has 2 aromatic carbocycles. The Labute approximate surface area is 168 Å². The second-order valence-electron chi connectivity index (χ2n) is 6.89. The Bertz CT molecular complexity index is 908. The zero-order valence-electron chi connectivity index (χ0n) is 15.0. The normalized spacial score (nSPS) is 17.1. The Morgan fingerprint density at radius 1 is 1.07 bits per heavy atom. The van der Waals surface area contributed by atoms with Crippen molar-refractivity contribution in [2.45, 2.75) is 19.0 Å². The van der Waals surface area contributed by atoms with E-state index in [1.165, 1.54) is 20.9 Å². The summed E-state index contributed by atoms with van der Waals surface area (Å²) in [6.45, 7) is 2.70. The number of hydrogen-bond acceptors (Lipinski definition) is 2. The summed E-state index contributed by atoms with van der Waals surface area (Å²) in [7, 11) is 0. The molecule has 3 aromatic rings. The van der Waals surface area contributed by atoms with Crippen LogP contribution >= 0.6 is 22.9 Å². The number of quaternary nitrogens is 1. The number of thiophene rings is 1. The van der Waals surface area contributed by atoms with Gasteiger partial charge in [0.05, 0.1) is 18.0 Å². The molecule has 27 heavy (non-hydrogen) atoms. The lowest BCUT2D eigenvalue weighted by Gasteiger charge is -2.32. The van der Waals surface area contributed by atoms with E-state index >= 15 is 0 Å². The number of rotatable bonds is 5. The van der Waals surface area contributed by atoms with Crippen molar-refractivity contribution in [1.82, 2.24) is 5.32 Å². The van der Waals surface area contributed by atoms with Gasteiger partial charge >= 0.3 is 0 Å². The van der Waals surface area contributed by atoms with Crippen LogP contribution in [0.5, 0.6) is 0 Å². The third kappa shape index (κ3) is 4.24. The molecule has 0 saturated heterocycles. The Kier molecular flexibility index (Phi) is 5.58. The summed E-state index contributed by atoms with van der Waals surface area (Å²) < 4.78 is 0. The number of hydrogen-bond donors (Lipinski definition) is 2. The molecule has 138 valence electrons. The van der Waals surface area contributed by atoms with E-state index in [0.29, 0.717) is 17.1 Å². The lowest BCUT2D eigenvalue weighted by Crippen LogP contribution is -3.12. The van der Waals surface area contributed by atoms with Crippen molar-refractivity contribution in [3.05, 3.63) is 92.6 Å². The zero-order valence-corrected chi connectivity index (χ0v) is 16.5. The Hall–Kier alpha value is -2.14. The lowest BCUT2D eigenvalue weighted by atomic mass is 9.98. The molecule has 3 nitrogen and oxygen atoms in total. The molecule has 0 bridgehead atoms. The molecule has 1 aliphatic rings. The van der Waals surface area contributed by atoms with Crippen LogP contribution in [0.3, 0.4) is 0 Å². The minimum Gasteiger partial charge on any atom is -0.346 e. The molecular weight excluding hydrogens is 376 g/mol. The van der Waals surface area contributed by atoms with Crippen molar-refractivity contribution in [3.8, 4) is 0 Å². The zero-order chi connectivity index (χ0) is 18.6. The smallest absolute Gasteiger partial charge is 0.251 e. The SMILES string of the molecule is O=C(NC[C@H](c1cccs1)[NH+]1CCc2ccccc2C1)c1ccc(Cl)cc1. The van der Waals surface area contributed by atoms with Crippen LogP contribution in [0.15, 0.2) is 66.0 Å². The van der Waals surface area contributed by atoms with E-state index in [4.69, 9.17) is 11.6 Å². The largest absolute Gasteiger partial charge is 0.346 e. The van der Waals surface area contributed by atoms with Gasteiger partial charge in [0.15, 0.2) is 0 Å². The first kappa shape index (κ1) is 18.2. The first-order valence-electron chi connectivity index (χ1n) is 9.19. The summed E-state index contributed by atoms with van der Waals surface area (Å²) in [5.74, 6) is -0.0509. The molecule has 4 rings (SSSR count). The molecule has 5 heteroatoms. The number of benzene rings is 2. The predicted molar refractivity (Wildman–Crippen MR) is 111 cm³/mol. The molecular formula is C22H22ClN2OS+. The second-order valence-corrected chi connectivity index (χ2v) is 8.30. The highest BCUT2D eigenvalue weighted by Crippen LogP contribution is 2.19.